The van der Waals surface area contributed by atoms with Gasteiger partial charge in [-0.2, -0.15) is 0 Å². The quantitative estimate of drug-likeness (QED) is 0.832. The standard InChI is InChI=1S/C19H21NO2/c1-19(2,14-21)17(13-15-9-5-3-6-10-15)20-18(22)16-11-7-4-8-12-16/h3-12,14,17H,13H2,1-2H3,(H,20,22)/t17-/m1/s1. The molecule has 0 aliphatic carbocycles. The zero-order valence-corrected chi connectivity index (χ0v) is 13.0. The Bertz CT molecular complexity index is 620. The third kappa shape index (κ3) is 4.04. The van der Waals surface area contributed by atoms with Crippen LogP contribution in [0, 0.1) is 5.41 Å². The molecule has 1 N–H and O–H groups in total. The van der Waals surface area contributed by atoms with E-state index in [0.29, 0.717) is 12.0 Å². The lowest BCUT2D eigenvalue weighted by molar-refractivity contribution is -0.115. The van der Waals surface area contributed by atoms with Gasteiger partial charge in [0.15, 0.2) is 0 Å². The zero-order chi connectivity index (χ0) is 16.0. The van der Waals surface area contributed by atoms with E-state index in [1.807, 2.05) is 62.4 Å². The number of carbonyl (C=O) groups is 2. The van der Waals surface area contributed by atoms with E-state index in [-0.39, 0.29) is 11.9 Å². The summed E-state index contributed by atoms with van der Waals surface area (Å²) in [6.45, 7) is 3.69. The molecule has 0 saturated carbocycles. The van der Waals surface area contributed by atoms with Gasteiger partial charge in [-0.3, -0.25) is 4.79 Å². The molecule has 3 heteroatoms. The minimum Gasteiger partial charge on any atom is -0.348 e. The molecule has 1 atom stereocenters. The highest BCUT2D eigenvalue weighted by Crippen LogP contribution is 2.21. The van der Waals surface area contributed by atoms with E-state index in [2.05, 4.69) is 5.32 Å². The van der Waals surface area contributed by atoms with Crippen molar-refractivity contribution in [3.63, 3.8) is 0 Å². The first-order valence-electron chi connectivity index (χ1n) is 7.39. The van der Waals surface area contributed by atoms with Gasteiger partial charge in [0.05, 0.1) is 0 Å². The largest absolute Gasteiger partial charge is 0.348 e. The van der Waals surface area contributed by atoms with Crippen molar-refractivity contribution in [1.82, 2.24) is 5.32 Å². The SMILES string of the molecule is CC(C)(C=O)[C@@H](Cc1ccccc1)NC(=O)c1ccccc1. The topological polar surface area (TPSA) is 46.2 Å². The highest BCUT2D eigenvalue weighted by molar-refractivity contribution is 5.94. The van der Waals surface area contributed by atoms with E-state index in [1.54, 1.807) is 12.1 Å². The molecule has 2 aromatic carbocycles. The van der Waals surface area contributed by atoms with Crippen LogP contribution in [0.2, 0.25) is 0 Å². The van der Waals surface area contributed by atoms with Gasteiger partial charge in [-0.1, -0.05) is 62.4 Å². The Balaban J connectivity index is 2.18. The van der Waals surface area contributed by atoms with Gasteiger partial charge in [0.25, 0.3) is 5.91 Å². The lowest BCUT2D eigenvalue weighted by Crippen LogP contribution is -2.47. The Kier molecular flexibility index (Phi) is 5.10. The second-order valence-corrected chi connectivity index (χ2v) is 6.02. The molecule has 1 amide bonds. The Hall–Kier alpha value is -2.42. The zero-order valence-electron chi connectivity index (χ0n) is 13.0. The number of rotatable bonds is 6. The van der Waals surface area contributed by atoms with Gasteiger partial charge in [0, 0.05) is 17.0 Å². The molecule has 0 radical (unpaired) electrons. The van der Waals surface area contributed by atoms with Gasteiger partial charge >= 0.3 is 0 Å². The van der Waals surface area contributed by atoms with Crippen molar-refractivity contribution in [3.05, 3.63) is 71.8 Å². The number of hydrogen-bond acceptors (Lipinski definition) is 2. The van der Waals surface area contributed by atoms with Crippen LogP contribution in [-0.4, -0.2) is 18.2 Å². The van der Waals surface area contributed by atoms with E-state index >= 15 is 0 Å². The van der Waals surface area contributed by atoms with Gasteiger partial charge in [0.1, 0.15) is 6.29 Å². The maximum atomic E-state index is 12.4. The number of amides is 1. The average molecular weight is 295 g/mol. The summed E-state index contributed by atoms with van der Waals surface area (Å²) in [7, 11) is 0. The lowest BCUT2D eigenvalue weighted by Gasteiger charge is -2.30. The van der Waals surface area contributed by atoms with E-state index in [1.165, 1.54) is 0 Å². The second kappa shape index (κ2) is 7.03. The maximum Gasteiger partial charge on any atom is 0.251 e. The minimum absolute atomic E-state index is 0.156. The lowest BCUT2D eigenvalue weighted by atomic mass is 9.82. The van der Waals surface area contributed by atoms with Crippen molar-refractivity contribution in [1.29, 1.82) is 0 Å². The molecule has 0 heterocycles. The van der Waals surface area contributed by atoms with Crippen LogP contribution >= 0.6 is 0 Å². The number of hydrogen-bond donors (Lipinski definition) is 1. The number of nitrogens with one attached hydrogen (secondary N) is 1. The van der Waals surface area contributed by atoms with Crippen LogP contribution in [0.3, 0.4) is 0 Å². The highest BCUT2D eigenvalue weighted by Gasteiger charge is 2.30. The molecular formula is C19H21NO2. The molecule has 0 unspecified atom stereocenters. The van der Waals surface area contributed by atoms with Crippen LogP contribution in [0.15, 0.2) is 60.7 Å². The fraction of sp³-hybridized carbons (Fsp3) is 0.263. The Morgan fingerprint density at radius 3 is 2.14 bits per heavy atom. The van der Waals surface area contributed by atoms with Crippen LogP contribution in [0.25, 0.3) is 0 Å². The first-order valence-corrected chi connectivity index (χ1v) is 7.39. The molecule has 0 aliphatic heterocycles. The summed E-state index contributed by atoms with van der Waals surface area (Å²) in [5.74, 6) is -0.156. The summed E-state index contributed by atoms with van der Waals surface area (Å²) in [6, 6.07) is 18.7. The normalized spacial score (nSPS) is 12.5. The van der Waals surface area contributed by atoms with Crippen molar-refractivity contribution >= 4 is 12.2 Å². The van der Waals surface area contributed by atoms with Crippen LogP contribution in [0.5, 0.6) is 0 Å². The molecule has 2 aromatic rings. The number of aldehydes is 1. The van der Waals surface area contributed by atoms with Crippen molar-refractivity contribution in [2.24, 2.45) is 5.41 Å². The van der Waals surface area contributed by atoms with Gasteiger partial charge < -0.3 is 10.1 Å². The first-order chi connectivity index (χ1) is 10.5. The fourth-order valence-electron chi connectivity index (χ4n) is 2.26. The summed E-state index contributed by atoms with van der Waals surface area (Å²) >= 11 is 0. The molecule has 0 saturated heterocycles. The van der Waals surface area contributed by atoms with Gasteiger partial charge in [0.2, 0.25) is 0 Å². The smallest absolute Gasteiger partial charge is 0.251 e. The third-order valence-electron chi connectivity index (χ3n) is 3.83. The Labute approximate surface area is 131 Å². The average Bonchev–Trinajstić information content (AvgIpc) is 2.56. The number of benzene rings is 2. The Morgan fingerprint density at radius 2 is 1.59 bits per heavy atom. The van der Waals surface area contributed by atoms with E-state index in [4.69, 9.17) is 0 Å². The van der Waals surface area contributed by atoms with E-state index in [0.717, 1.165) is 11.8 Å². The van der Waals surface area contributed by atoms with Crippen molar-refractivity contribution in [2.75, 3.05) is 0 Å². The van der Waals surface area contributed by atoms with Crippen molar-refractivity contribution in [3.8, 4) is 0 Å². The molecule has 0 bridgehead atoms. The van der Waals surface area contributed by atoms with Gasteiger partial charge in [-0.25, -0.2) is 0 Å². The van der Waals surface area contributed by atoms with Gasteiger partial charge in [-0.05, 0) is 24.1 Å². The Morgan fingerprint density at radius 1 is 1.05 bits per heavy atom. The summed E-state index contributed by atoms with van der Waals surface area (Å²) in [5, 5.41) is 3.00. The second-order valence-electron chi connectivity index (χ2n) is 6.02. The first kappa shape index (κ1) is 16.0. The number of carbonyl (C=O) groups excluding carboxylic acids is 2. The minimum atomic E-state index is -0.639. The molecule has 2 rings (SSSR count). The summed E-state index contributed by atoms with van der Waals surface area (Å²) in [4.78, 5) is 23.8. The molecule has 114 valence electrons. The van der Waals surface area contributed by atoms with Crippen LogP contribution in [0.4, 0.5) is 0 Å². The maximum absolute atomic E-state index is 12.4. The molecule has 3 nitrogen and oxygen atoms in total. The highest BCUT2D eigenvalue weighted by atomic mass is 16.1. The molecule has 0 aliphatic rings. The molecule has 0 spiro atoms. The monoisotopic (exact) mass is 295 g/mol. The summed E-state index contributed by atoms with van der Waals surface area (Å²) < 4.78 is 0. The van der Waals surface area contributed by atoms with Gasteiger partial charge in [-0.15, -0.1) is 0 Å². The third-order valence-corrected chi connectivity index (χ3v) is 3.83. The fourth-order valence-corrected chi connectivity index (χ4v) is 2.26. The van der Waals surface area contributed by atoms with Crippen LogP contribution < -0.4 is 5.32 Å². The van der Waals surface area contributed by atoms with E-state index < -0.39 is 5.41 Å². The predicted octanol–water partition coefficient (Wildman–Crippen LogP) is 3.25. The summed E-state index contributed by atoms with van der Waals surface area (Å²) in [6.07, 6.45) is 1.52. The molecular weight excluding hydrogens is 274 g/mol. The summed E-state index contributed by atoms with van der Waals surface area (Å²) in [5.41, 5.74) is 1.05. The molecule has 22 heavy (non-hydrogen) atoms. The van der Waals surface area contributed by atoms with Crippen LogP contribution in [0.1, 0.15) is 29.8 Å². The van der Waals surface area contributed by atoms with Crippen LogP contribution in [-0.2, 0) is 11.2 Å². The molecule has 0 fully saturated rings. The van der Waals surface area contributed by atoms with Crippen molar-refractivity contribution in [2.45, 2.75) is 26.3 Å². The van der Waals surface area contributed by atoms with Crippen molar-refractivity contribution < 1.29 is 9.59 Å². The van der Waals surface area contributed by atoms with E-state index in [9.17, 15) is 9.59 Å². The molecule has 0 aromatic heterocycles. The predicted molar refractivity (Wildman–Crippen MR) is 87.7 cm³/mol.